The molecule has 0 bridgehead atoms. The molecule has 108 valence electrons. The number of aryl methyl sites for hydroxylation is 1. The van der Waals surface area contributed by atoms with Gasteiger partial charge in [0, 0.05) is 30.4 Å². The Morgan fingerprint density at radius 1 is 1.24 bits per heavy atom. The van der Waals surface area contributed by atoms with Crippen LogP contribution in [0, 0.1) is 5.92 Å². The molecule has 21 heavy (non-hydrogen) atoms. The summed E-state index contributed by atoms with van der Waals surface area (Å²) in [5, 5.41) is 9.58. The lowest BCUT2D eigenvalue weighted by molar-refractivity contribution is -0.117. The van der Waals surface area contributed by atoms with Gasteiger partial charge in [0.05, 0.1) is 11.9 Å². The molecule has 0 atom stereocenters. The molecule has 1 aromatic heterocycles. The van der Waals surface area contributed by atoms with Crippen molar-refractivity contribution in [1.82, 2.24) is 9.78 Å². The Kier molecular flexibility index (Phi) is 3.43. The number of aromatic nitrogens is 2. The molecule has 0 saturated heterocycles. The van der Waals surface area contributed by atoms with Crippen LogP contribution in [0.25, 0.3) is 0 Å². The quantitative estimate of drug-likeness (QED) is 0.901. The summed E-state index contributed by atoms with van der Waals surface area (Å²) in [6.45, 7) is 0. The number of carbonyl (C=O) groups excluding carboxylic acids is 2. The Labute approximate surface area is 122 Å². The molecule has 2 amide bonds. The van der Waals surface area contributed by atoms with Crippen LogP contribution >= 0.6 is 0 Å². The number of rotatable bonds is 4. The maximum atomic E-state index is 12.1. The minimum atomic E-state index is -0.231. The van der Waals surface area contributed by atoms with Crippen molar-refractivity contribution >= 4 is 23.2 Å². The van der Waals surface area contributed by atoms with Gasteiger partial charge in [-0.1, -0.05) is 6.07 Å². The first-order valence-electron chi connectivity index (χ1n) is 6.83. The first kappa shape index (κ1) is 13.4. The molecule has 0 aliphatic heterocycles. The van der Waals surface area contributed by atoms with Crippen molar-refractivity contribution in [2.24, 2.45) is 13.0 Å². The zero-order valence-electron chi connectivity index (χ0n) is 11.7. The van der Waals surface area contributed by atoms with Gasteiger partial charge in [-0.15, -0.1) is 0 Å². The largest absolute Gasteiger partial charge is 0.326 e. The van der Waals surface area contributed by atoms with E-state index < -0.39 is 0 Å². The zero-order chi connectivity index (χ0) is 14.8. The van der Waals surface area contributed by atoms with Crippen LogP contribution in [0.5, 0.6) is 0 Å². The molecule has 2 aromatic rings. The van der Waals surface area contributed by atoms with Crippen molar-refractivity contribution in [3.05, 3.63) is 42.2 Å². The van der Waals surface area contributed by atoms with Crippen molar-refractivity contribution in [2.45, 2.75) is 12.8 Å². The fraction of sp³-hybridized carbons (Fsp3) is 0.267. The Morgan fingerprint density at radius 3 is 2.71 bits per heavy atom. The molecule has 1 fully saturated rings. The van der Waals surface area contributed by atoms with Gasteiger partial charge < -0.3 is 10.6 Å². The van der Waals surface area contributed by atoms with Crippen molar-refractivity contribution in [1.29, 1.82) is 0 Å². The number of nitrogens with zero attached hydrogens (tertiary/aromatic N) is 2. The van der Waals surface area contributed by atoms with Crippen LogP contribution in [-0.2, 0) is 11.8 Å². The number of hydrogen-bond donors (Lipinski definition) is 2. The second-order valence-electron chi connectivity index (χ2n) is 5.20. The molecular weight excluding hydrogens is 268 g/mol. The lowest BCUT2D eigenvalue weighted by Crippen LogP contribution is -2.15. The highest BCUT2D eigenvalue weighted by atomic mass is 16.2. The SMILES string of the molecule is Cn1cc(NC(=O)c2cccc(NC(=O)C3CC3)c2)cn1. The van der Waals surface area contributed by atoms with Crippen molar-refractivity contribution in [3.8, 4) is 0 Å². The summed E-state index contributed by atoms with van der Waals surface area (Å²) >= 11 is 0. The van der Waals surface area contributed by atoms with E-state index in [1.807, 2.05) is 0 Å². The smallest absolute Gasteiger partial charge is 0.255 e. The van der Waals surface area contributed by atoms with Gasteiger partial charge in [-0.05, 0) is 31.0 Å². The zero-order valence-corrected chi connectivity index (χ0v) is 11.7. The molecule has 1 saturated carbocycles. The Hall–Kier alpha value is -2.63. The van der Waals surface area contributed by atoms with E-state index in [1.165, 1.54) is 0 Å². The van der Waals surface area contributed by atoms with E-state index in [2.05, 4.69) is 15.7 Å². The second-order valence-corrected chi connectivity index (χ2v) is 5.20. The minimum absolute atomic E-state index is 0.0276. The van der Waals surface area contributed by atoms with Crippen LogP contribution < -0.4 is 10.6 Å². The molecule has 1 aliphatic rings. The molecule has 0 radical (unpaired) electrons. The predicted octanol–water partition coefficient (Wildman–Crippen LogP) is 2.02. The van der Waals surface area contributed by atoms with Crippen LogP contribution in [0.3, 0.4) is 0 Å². The third kappa shape index (κ3) is 3.28. The number of benzene rings is 1. The summed E-state index contributed by atoms with van der Waals surface area (Å²) in [6, 6.07) is 6.91. The molecule has 1 heterocycles. The first-order valence-corrected chi connectivity index (χ1v) is 6.83. The lowest BCUT2D eigenvalue weighted by atomic mass is 10.2. The molecule has 1 aliphatic carbocycles. The third-order valence-corrected chi connectivity index (χ3v) is 3.30. The normalized spacial score (nSPS) is 13.8. The second kappa shape index (κ2) is 5.40. The van der Waals surface area contributed by atoms with Crippen LogP contribution in [0.2, 0.25) is 0 Å². The number of nitrogens with one attached hydrogen (secondary N) is 2. The van der Waals surface area contributed by atoms with Crippen LogP contribution in [-0.4, -0.2) is 21.6 Å². The summed E-state index contributed by atoms with van der Waals surface area (Å²) in [7, 11) is 1.78. The fourth-order valence-corrected chi connectivity index (χ4v) is 2.02. The molecule has 0 spiro atoms. The average molecular weight is 284 g/mol. The van der Waals surface area contributed by atoms with E-state index >= 15 is 0 Å². The summed E-state index contributed by atoms with van der Waals surface area (Å²) in [4.78, 5) is 23.9. The van der Waals surface area contributed by atoms with Gasteiger partial charge >= 0.3 is 0 Å². The predicted molar refractivity (Wildman–Crippen MR) is 79.0 cm³/mol. The highest BCUT2D eigenvalue weighted by Gasteiger charge is 2.29. The van der Waals surface area contributed by atoms with E-state index in [9.17, 15) is 9.59 Å². The van der Waals surface area contributed by atoms with E-state index in [0.29, 0.717) is 16.9 Å². The third-order valence-electron chi connectivity index (χ3n) is 3.30. The van der Waals surface area contributed by atoms with Crippen LogP contribution in [0.1, 0.15) is 23.2 Å². The van der Waals surface area contributed by atoms with Gasteiger partial charge in [0.25, 0.3) is 5.91 Å². The summed E-state index contributed by atoms with van der Waals surface area (Å²) in [5.41, 5.74) is 1.77. The molecular formula is C15H16N4O2. The highest BCUT2D eigenvalue weighted by Crippen LogP contribution is 2.30. The number of anilines is 2. The van der Waals surface area contributed by atoms with Crippen molar-refractivity contribution in [3.63, 3.8) is 0 Å². The number of amides is 2. The van der Waals surface area contributed by atoms with E-state index in [4.69, 9.17) is 0 Å². The van der Waals surface area contributed by atoms with Crippen LogP contribution in [0.15, 0.2) is 36.7 Å². The molecule has 6 heteroatoms. The molecule has 6 nitrogen and oxygen atoms in total. The molecule has 2 N–H and O–H groups in total. The standard InChI is InChI=1S/C15H16N4O2/c1-19-9-13(8-16-19)18-15(21)11-3-2-4-12(7-11)17-14(20)10-5-6-10/h2-4,7-10H,5-6H2,1H3,(H,17,20)(H,18,21). The summed E-state index contributed by atoms with van der Waals surface area (Å²) in [6.07, 6.45) is 5.20. The van der Waals surface area contributed by atoms with Gasteiger partial charge in [0.1, 0.15) is 0 Å². The Balaban J connectivity index is 1.69. The molecule has 3 rings (SSSR count). The van der Waals surface area contributed by atoms with E-state index in [-0.39, 0.29) is 17.7 Å². The van der Waals surface area contributed by atoms with Gasteiger partial charge in [0.15, 0.2) is 0 Å². The Bertz CT molecular complexity index is 688. The van der Waals surface area contributed by atoms with E-state index in [0.717, 1.165) is 12.8 Å². The minimum Gasteiger partial charge on any atom is -0.326 e. The molecule has 0 unspecified atom stereocenters. The first-order chi connectivity index (χ1) is 10.1. The number of carbonyl (C=O) groups is 2. The van der Waals surface area contributed by atoms with E-state index in [1.54, 1.807) is 48.4 Å². The van der Waals surface area contributed by atoms with Gasteiger partial charge in [-0.3, -0.25) is 14.3 Å². The van der Waals surface area contributed by atoms with Gasteiger partial charge in [0.2, 0.25) is 5.91 Å². The maximum Gasteiger partial charge on any atom is 0.255 e. The summed E-state index contributed by atoms with van der Waals surface area (Å²) < 4.78 is 1.61. The lowest BCUT2D eigenvalue weighted by Gasteiger charge is -2.07. The topological polar surface area (TPSA) is 76.0 Å². The van der Waals surface area contributed by atoms with Gasteiger partial charge in [-0.25, -0.2) is 0 Å². The Morgan fingerprint density at radius 2 is 2.05 bits per heavy atom. The van der Waals surface area contributed by atoms with Crippen LogP contribution in [0.4, 0.5) is 11.4 Å². The van der Waals surface area contributed by atoms with Crippen molar-refractivity contribution in [2.75, 3.05) is 10.6 Å². The maximum absolute atomic E-state index is 12.1. The highest BCUT2D eigenvalue weighted by molar-refractivity contribution is 6.05. The molecule has 1 aromatic carbocycles. The number of hydrogen-bond acceptors (Lipinski definition) is 3. The monoisotopic (exact) mass is 284 g/mol. The van der Waals surface area contributed by atoms with Crippen molar-refractivity contribution < 1.29 is 9.59 Å². The van der Waals surface area contributed by atoms with Gasteiger partial charge in [-0.2, -0.15) is 5.10 Å². The fourth-order valence-electron chi connectivity index (χ4n) is 2.02. The summed E-state index contributed by atoms with van der Waals surface area (Å²) in [5.74, 6) is -0.0665. The average Bonchev–Trinajstić information content (AvgIpc) is 3.23.